The Morgan fingerprint density at radius 1 is 1.33 bits per heavy atom. The Morgan fingerprint density at radius 2 is 2.00 bits per heavy atom. The van der Waals surface area contributed by atoms with E-state index in [1.54, 1.807) is 17.6 Å². The highest BCUT2D eigenvalue weighted by Gasteiger charge is 2.34. The molecule has 2 aliphatic heterocycles. The summed E-state index contributed by atoms with van der Waals surface area (Å²) in [6.45, 7) is 5.20. The smallest absolute Gasteiger partial charge is 0.323 e. The number of carboxylic acids is 1. The van der Waals surface area contributed by atoms with E-state index in [0.717, 1.165) is 49.0 Å². The van der Waals surface area contributed by atoms with Gasteiger partial charge in [-0.05, 0) is 37.8 Å². The topological polar surface area (TPSA) is 107 Å². The number of thiocarbonyl (C=S) groups is 1. The molecule has 1 amide bonds. The number of carbonyl (C=O) groups is 2. The van der Waals surface area contributed by atoms with Crippen LogP contribution in [0.4, 0.5) is 5.82 Å². The quantitative estimate of drug-likeness (QED) is 0.524. The predicted octanol–water partition coefficient (Wildman–Crippen LogP) is 2.32. The number of rotatable bonds is 6. The van der Waals surface area contributed by atoms with Crippen molar-refractivity contribution in [3.05, 3.63) is 31.9 Å². The molecule has 1 aromatic rings. The third-order valence-corrected chi connectivity index (χ3v) is 6.52. The summed E-state index contributed by atoms with van der Waals surface area (Å²) in [4.78, 5) is 40.3. The summed E-state index contributed by atoms with van der Waals surface area (Å²) in [6.07, 6.45) is 4.37. The van der Waals surface area contributed by atoms with Crippen molar-refractivity contribution in [1.29, 1.82) is 5.26 Å². The van der Waals surface area contributed by atoms with Gasteiger partial charge in [0.15, 0.2) is 0 Å². The second-order valence-electron chi connectivity index (χ2n) is 7.16. The summed E-state index contributed by atoms with van der Waals surface area (Å²) < 4.78 is 1.80. The number of nitriles is 1. The molecule has 0 saturated carbocycles. The maximum atomic E-state index is 13.0. The van der Waals surface area contributed by atoms with Crippen molar-refractivity contribution in [2.24, 2.45) is 0 Å². The van der Waals surface area contributed by atoms with Crippen LogP contribution in [0, 0.1) is 18.3 Å². The highest BCUT2D eigenvalue weighted by atomic mass is 32.2. The van der Waals surface area contributed by atoms with Gasteiger partial charge in [0.05, 0.1) is 4.91 Å². The Bertz CT molecular complexity index is 1050. The van der Waals surface area contributed by atoms with Crippen LogP contribution in [0.1, 0.15) is 42.9 Å². The first-order valence-electron chi connectivity index (χ1n) is 9.69. The summed E-state index contributed by atoms with van der Waals surface area (Å²) in [7, 11) is 0. The number of carboxylic acid groups (broad SMARTS) is 1. The van der Waals surface area contributed by atoms with E-state index in [0.29, 0.717) is 23.5 Å². The fourth-order valence-corrected chi connectivity index (χ4v) is 4.98. The maximum Gasteiger partial charge on any atom is 0.323 e. The van der Waals surface area contributed by atoms with E-state index >= 15 is 0 Å². The molecule has 8 nitrogen and oxygen atoms in total. The fraction of sp³-hybridized carbons (Fsp3) is 0.450. The highest BCUT2D eigenvalue weighted by Crippen LogP contribution is 2.36. The second kappa shape index (κ2) is 9.02. The number of aromatic nitrogens is 1. The number of thioether (sulfide) groups is 1. The molecule has 0 bridgehead atoms. The fourth-order valence-electron chi connectivity index (χ4n) is 3.75. The minimum atomic E-state index is -1.15. The molecule has 1 N–H and O–H groups in total. The summed E-state index contributed by atoms with van der Waals surface area (Å²) in [6, 6.07) is 2.01. The SMILES string of the molecule is CCCn1c(N2CCCC2)c(/C=C2/SC(=S)N(CC(=O)O)C2=O)c(C)c(C#N)c1=O. The molecule has 0 spiro atoms. The molecule has 2 aliphatic rings. The molecule has 10 heteroatoms. The summed E-state index contributed by atoms with van der Waals surface area (Å²) in [5.74, 6) is -0.921. The summed E-state index contributed by atoms with van der Waals surface area (Å²) >= 11 is 6.22. The van der Waals surface area contributed by atoms with E-state index in [-0.39, 0.29) is 20.3 Å². The van der Waals surface area contributed by atoms with E-state index in [1.807, 2.05) is 13.0 Å². The Balaban J connectivity index is 2.22. The number of hydrogen-bond donors (Lipinski definition) is 1. The van der Waals surface area contributed by atoms with Crippen LogP contribution in [-0.2, 0) is 16.1 Å². The molecule has 0 aliphatic carbocycles. The lowest BCUT2D eigenvalue weighted by Gasteiger charge is -2.26. The Labute approximate surface area is 183 Å². The van der Waals surface area contributed by atoms with Gasteiger partial charge in [-0.25, -0.2) is 0 Å². The van der Waals surface area contributed by atoms with Gasteiger partial charge in [0.1, 0.15) is 28.3 Å². The van der Waals surface area contributed by atoms with Gasteiger partial charge in [-0.1, -0.05) is 30.9 Å². The van der Waals surface area contributed by atoms with Crippen LogP contribution < -0.4 is 10.5 Å². The third kappa shape index (κ3) is 4.00. The molecule has 30 heavy (non-hydrogen) atoms. The molecule has 0 aromatic carbocycles. The molecule has 3 heterocycles. The van der Waals surface area contributed by atoms with Gasteiger partial charge in [-0.3, -0.25) is 23.9 Å². The van der Waals surface area contributed by atoms with Crippen LogP contribution in [0.5, 0.6) is 0 Å². The zero-order valence-corrected chi connectivity index (χ0v) is 18.4. The normalized spacial score (nSPS) is 17.8. The molecule has 158 valence electrons. The van der Waals surface area contributed by atoms with E-state index < -0.39 is 18.4 Å². The number of carbonyl (C=O) groups excluding carboxylic acids is 1. The third-order valence-electron chi connectivity index (χ3n) is 5.14. The molecule has 0 atom stereocenters. The van der Waals surface area contributed by atoms with Crippen molar-refractivity contribution >= 4 is 52.1 Å². The average Bonchev–Trinajstić information content (AvgIpc) is 3.30. The molecule has 2 fully saturated rings. The molecular formula is C20H22N4O4S2. The number of amides is 1. The lowest BCUT2D eigenvalue weighted by Crippen LogP contribution is -2.34. The Morgan fingerprint density at radius 3 is 2.57 bits per heavy atom. The largest absolute Gasteiger partial charge is 0.480 e. The lowest BCUT2D eigenvalue weighted by molar-refractivity contribution is -0.140. The van der Waals surface area contributed by atoms with Crippen LogP contribution in [0.2, 0.25) is 0 Å². The van der Waals surface area contributed by atoms with Gasteiger partial charge in [0, 0.05) is 25.2 Å². The number of nitrogens with zero attached hydrogens (tertiary/aromatic N) is 4. The molecule has 2 saturated heterocycles. The standard InChI is InChI=1S/C20H22N4O4S2/c1-3-6-23-17(22-7-4-5-8-22)13(12(2)14(10-21)18(23)27)9-15-19(28)24(11-16(25)26)20(29)30-15/h9H,3-8,11H2,1-2H3,(H,25,26)/b15-9+. The van der Waals surface area contributed by atoms with Crippen LogP contribution in [0.25, 0.3) is 6.08 Å². The van der Waals surface area contributed by atoms with E-state index in [2.05, 4.69) is 4.90 Å². The highest BCUT2D eigenvalue weighted by molar-refractivity contribution is 8.26. The Kier molecular flexibility index (Phi) is 6.63. The van der Waals surface area contributed by atoms with Gasteiger partial charge >= 0.3 is 5.97 Å². The van der Waals surface area contributed by atoms with Gasteiger partial charge in [-0.15, -0.1) is 0 Å². The maximum absolute atomic E-state index is 13.0. The van der Waals surface area contributed by atoms with Crippen molar-refractivity contribution in [3.8, 4) is 6.07 Å². The first-order valence-corrected chi connectivity index (χ1v) is 10.9. The average molecular weight is 447 g/mol. The monoisotopic (exact) mass is 446 g/mol. The van der Waals surface area contributed by atoms with Crippen LogP contribution in [-0.4, -0.2) is 50.4 Å². The number of aliphatic carboxylic acids is 1. The van der Waals surface area contributed by atoms with Crippen molar-refractivity contribution in [1.82, 2.24) is 9.47 Å². The molecule has 0 radical (unpaired) electrons. The lowest BCUT2D eigenvalue weighted by atomic mass is 10.0. The van der Waals surface area contributed by atoms with Gasteiger partial charge in [-0.2, -0.15) is 5.26 Å². The van der Waals surface area contributed by atoms with Crippen molar-refractivity contribution in [2.75, 3.05) is 24.5 Å². The van der Waals surface area contributed by atoms with Crippen molar-refractivity contribution < 1.29 is 14.7 Å². The zero-order chi connectivity index (χ0) is 22.0. The minimum absolute atomic E-state index is 0.0543. The van der Waals surface area contributed by atoms with E-state index in [4.69, 9.17) is 17.3 Å². The Hall–Kier alpha value is -2.64. The first kappa shape index (κ1) is 22.1. The van der Waals surface area contributed by atoms with E-state index in [1.165, 1.54) is 0 Å². The summed E-state index contributed by atoms with van der Waals surface area (Å²) in [5.41, 5.74) is 0.880. The van der Waals surface area contributed by atoms with Gasteiger partial charge in [0.25, 0.3) is 11.5 Å². The molecule has 3 rings (SSSR count). The van der Waals surface area contributed by atoms with Gasteiger partial charge in [0.2, 0.25) is 0 Å². The molecule has 1 aromatic heterocycles. The van der Waals surface area contributed by atoms with Crippen LogP contribution in [0.3, 0.4) is 0 Å². The first-order chi connectivity index (χ1) is 14.3. The predicted molar refractivity (Wildman–Crippen MR) is 119 cm³/mol. The molecular weight excluding hydrogens is 424 g/mol. The zero-order valence-electron chi connectivity index (χ0n) is 16.8. The van der Waals surface area contributed by atoms with Crippen LogP contribution in [0.15, 0.2) is 9.70 Å². The van der Waals surface area contributed by atoms with Crippen LogP contribution >= 0.6 is 24.0 Å². The van der Waals surface area contributed by atoms with Crippen molar-refractivity contribution in [3.63, 3.8) is 0 Å². The van der Waals surface area contributed by atoms with Crippen molar-refractivity contribution in [2.45, 2.75) is 39.7 Å². The number of hydrogen-bond acceptors (Lipinski definition) is 7. The van der Waals surface area contributed by atoms with E-state index in [9.17, 15) is 19.6 Å². The van der Waals surface area contributed by atoms with Gasteiger partial charge < -0.3 is 10.0 Å². The minimum Gasteiger partial charge on any atom is -0.480 e. The summed E-state index contributed by atoms with van der Waals surface area (Å²) in [5, 5.41) is 18.7. The number of pyridine rings is 1. The molecule has 0 unspecified atom stereocenters. The second-order valence-corrected chi connectivity index (χ2v) is 8.84. The number of anilines is 1.